The van der Waals surface area contributed by atoms with Crippen LogP contribution in [0.5, 0.6) is 0 Å². The van der Waals surface area contributed by atoms with E-state index in [1.807, 2.05) is 25.1 Å². The first-order valence-corrected chi connectivity index (χ1v) is 13.9. The SMILES string of the molecule is C[C@@H](OCc1ccc(CCCCc2ccc3c(c2)n(C)c(=O)n3C2CCC(=O)NC2=O)cc1)[C@@H](N)CCC(N)=O.Cl. The third kappa shape index (κ3) is 8.06. The van der Waals surface area contributed by atoms with E-state index in [-0.39, 0.29) is 54.9 Å². The Morgan fingerprint density at radius 2 is 1.66 bits per heavy atom. The third-order valence-corrected chi connectivity index (χ3v) is 7.72. The molecule has 0 spiro atoms. The maximum absolute atomic E-state index is 13.0. The lowest BCUT2D eigenvalue weighted by Gasteiger charge is -2.21. The van der Waals surface area contributed by atoms with Gasteiger partial charge in [0.1, 0.15) is 6.04 Å². The second kappa shape index (κ2) is 14.4. The normalized spacial score (nSPS) is 16.7. The Balaban J connectivity index is 0.00000462. The first kappa shape index (κ1) is 32.0. The smallest absolute Gasteiger partial charge is 0.329 e. The topological polar surface area (TPSA) is 151 Å². The maximum Gasteiger partial charge on any atom is 0.329 e. The minimum absolute atomic E-state index is 0. The van der Waals surface area contributed by atoms with Gasteiger partial charge in [-0.05, 0) is 74.3 Å². The summed E-state index contributed by atoms with van der Waals surface area (Å²) in [7, 11) is 1.71. The van der Waals surface area contributed by atoms with Crippen LogP contribution in [0.3, 0.4) is 0 Å². The van der Waals surface area contributed by atoms with Crippen LogP contribution >= 0.6 is 12.4 Å². The number of hydrogen-bond acceptors (Lipinski definition) is 6. The van der Waals surface area contributed by atoms with Crippen molar-refractivity contribution in [3.63, 3.8) is 0 Å². The Kier molecular flexibility index (Phi) is 11.3. The largest absolute Gasteiger partial charge is 0.372 e. The number of rotatable bonds is 13. The van der Waals surface area contributed by atoms with Crippen LogP contribution in [0.4, 0.5) is 0 Å². The van der Waals surface area contributed by atoms with Crippen LogP contribution in [0.2, 0.25) is 0 Å². The van der Waals surface area contributed by atoms with E-state index in [1.54, 1.807) is 11.6 Å². The molecule has 10 nitrogen and oxygen atoms in total. The van der Waals surface area contributed by atoms with Crippen molar-refractivity contribution in [1.82, 2.24) is 14.5 Å². The van der Waals surface area contributed by atoms with E-state index in [1.165, 1.54) is 10.1 Å². The van der Waals surface area contributed by atoms with Gasteiger partial charge in [-0.2, -0.15) is 0 Å². The molecule has 3 amide bonds. The minimum Gasteiger partial charge on any atom is -0.372 e. The number of nitrogens with one attached hydrogen (secondary N) is 1. The van der Waals surface area contributed by atoms with Crippen molar-refractivity contribution < 1.29 is 19.1 Å². The monoisotopic (exact) mass is 585 g/mol. The molecular weight excluding hydrogens is 546 g/mol. The highest BCUT2D eigenvalue weighted by Crippen LogP contribution is 2.24. The standard InChI is InChI=1S/C30H39N5O5.ClH/c1-19(23(31)12-15-27(32)36)40-18-22-9-7-20(8-10-22)5-3-4-6-21-11-13-24-26(17-21)34(2)30(39)35(24)25-14-16-28(37)33-29(25)38;/h7-11,13,17,19,23,25H,3-6,12,14-16,18,31H2,1-2H3,(H2,32,36)(H,33,37,38);1H/t19-,23+,25?;/m1./s1. The Bertz CT molecular complexity index is 1430. The summed E-state index contributed by atoms with van der Waals surface area (Å²) in [5.41, 5.74) is 16.0. The Hall–Kier alpha value is -3.47. The molecule has 1 saturated heterocycles. The average Bonchev–Trinajstić information content (AvgIpc) is 3.18. The average molecular weight is 586 g/mol. The lowest BCUT2D eigenvalue weighted by molar-refractivity contribution is -0.135. The van der Waals surface area contributed by atoms with E-state index in [4.69, 9.17) is 16.2 Å². The van der Waals surface area contributed by atoms with E-state index in [2.05, 4.69) is 29.6 Å². The quantitative estimate of drug-likeness (QED) is 0.207. The van der Waals surface area contributed by atoms with E-state index in [0.29, 0.717) is 25.0 Å². The van der Waals surface area contributed by atoms with Gasteiger partial charge in [0.2, 0.25) is 17.7 Å². The number of primary amides is 1. The molecule has 0 bridgehead atoms. The fourth-order valence-electron chi connectivity index (χ4n) is 5.15. The number of imidazole rings is 1. The van der Waals surface area contributed by atoms with Crippen molar-refractivity contribution >= 4 is 41.2 Å². The zero-order valence-electron chi connectivity index (χ0n) is 23.6. The van der Waals surface area contributed by atoms with Gasteiger partial charge >= 0.3 is 5.69 Å². The summed E-state index contributed by atoms with van der Waals surface area (Å²) in [6.07, 6.45) is 5.01. The Morgan fingerprint density at radius 3 is 2.32 bits per heavy atom. The molecular formula is C30H40ClN5O5. The first-order chi connectivity index (χ1) is 19.1. The summed E-state index contributed by atoms with van der Waals surface area (Å²) in [5, 5.41) is 2.34. The molecule has 5 N–H and O–H groups in total. The summed E-state index contributed by atoms with van der Waals surface area (Å²) in [5.74, 6) is -1.08. The van der Waals surface area contributed by atoms with Gasteiger partial charge in [-0.1, -0.05) is 30.3 Å². The molecule has 41 heavy (non-hydrogen) atoms. The van der Waals surface area contributed by atoms with Gasteiger partial charge in [0, 0.05) is 25.9 Å². The molecule has 1 fully saturated rings. The van der Waals surface area contributed by atoms with Crippen molar-refractivity contribution in [3.8, 4) is 0 Å². The number of amides is 3. The van der Waals surface area contributed by atoms with Crippen LogP contribution in [0.15, 0.2) is 47.3 Å². The molecule has 1 aromatic heterocycles. The van der Waals surface area contributed by atoms with Crippen LogP contribution in [-0.4, -0.2) is 39.0 Å². The predicted octanol–water partition coefficient (Wildman–Crippen LogP) is 2.80. The van der Waals surface area contributed by atoms with Crippen LogP contribution in [0.1, 0.15) is 68.2 Å². The Labute approximate surface area is 245 Å². The highest BCUT2D eigenvalue weighted by Gasteiger charge is 2.31. The lowest BCUT2D eigenvalue weighted by Crippen LogP contribution is -2.44. The predicted molar refractivity (Wildman–Crippen MR) is 160 cm³/mol. The second-order valence-electron chi connectivity index (χ2n) is 10.7. The number of aromatic nitrogens is 2. The molecule has 1 aliphatic heterocycles. The van der Waals surface area contributed by atoms with Crippen molar-refractivity contribution in [2.24, 2.45) is 18.5 Å². The maximum atomic E-state index is 13.0. The zero-order valence-corrected chi connectivity index (χ0v) is 24.5. The van der Waals surface area contributed by atoms with E-state index < -0.39 is 11.9 Å². The second-order valence-corrected chi connectivity index (χ2v) is 10.7. The number of ether oxygens (including phenoxy) is 1. The number of unbranched alkanes of at least 4 members (excludes halogenated alkanes) is 1. The van der Waals surface area contributed by atoms with Gasteiger partial charge in [0.25, 0.3) is 0 Å². The highest BCUT2D eigenvalue weighted by atomic mass is 35.5. The van der Waals surface area contributed by atoms with E-state index >= 15 is 0 Å². The van der Waals surface area contributed by atoms with Crippen molar-refractivity contribution in [1.29, 1.82) is 0 Å². The fourth-order valence-corrected chi connectivity index (χ4v) is 5.15. The number of halogens is 1. The number of carbonyl (C=O) groups excluding carboxylic acids is 3. The summed E-state index contributed by atoms with van der Waals surface area (Å²) in [6.45, 7) is 2.37. The number of carbonyl (C=O) groups is 3. The zero-order chi connectivity index (χ0) is 28.8. The number of fused-ring (bicyclic) bond motifs is 1. The number of imide groups is 1. The number of aryl methyl sites for hydroxylation is 3. The highest BCUT2D eigenvalue weighted by molar-refractivity contribution is 6.00. The van der Waals surface area contributed by atoms with E-state index in [9.17, 15) is 19.2 Å². The molecule has 1 unspecified atom stereocenters. The molecule has 0 radical (unpaired) electrons. The molecule has 2 heterocycles. The molecule has 4 rings (SSSR count). The van der Waals surface area contributed by atoms with Crippen molar-refractivity contribution in [2.45, 2.75) is 83.1 Å². The number of nitrogens with two attached hydrogens (primary N) is 2. The molecule has 0 aliphatic carbocycles. The fraction of sp³-hybridized carbons (Fsp3) is 0.467. The van der Waals surface area contributed by atoms with Crippen molar-refractivity contribution in [3.05, 3.63) is 69.6 Å². The molecule has 1 aliphatic rings. The summed E-state index contributed by atoms with van der Waals surface area (Å²) in [6, 6.07) is 13.4. The molecule has 3 aromatic rings. The summed E-state index contributed by atoms with van der Waals surface area (Å²) in [4.78, 5) is 47.8. The minimum atomic E-state index is -0.674. The van der Waals surface area contributed by atoms with Gasteiger partial charge in [-0.25, -0.2) is 4.79 Å². The molecule has 11 heteroatoms. The number of piperidine rings is 1. The lowest BCUT2D eigenvalue weighted by atomic mass is 10.0. The molecule has 222 valence electrons. The molecule has 3 atom stereocenters. The third-order valence-electron chi connectivity index (χ3n) is 7.72. The first-order valence-electron chi connectivity index (χ1n) is 13.9. The van der Waals surface area contributed by atoms with Gasteiger partial charge < -0.3 is 16.2 Å². The van der Waals surface area contributed by atoms with Gasteiger partial charge in [0.15, 0.2) is 0 Å². The summed E-state index contributed by atoms with van der Waals surface area (Å²) >= 11 is 0. The van der Waals surface area contributed by atoms with Crippen LogP contribution < -0.4 is 22.5 Å². The van der Waals surface area contributed by atoms with Gasteiger partial charge in [0.05, 0.1) is 23.7 Å². The van der Waals surface area contributed by atoms with Crippen LogP contribution in [0, 0.1) is 0 Å². The molecule has 2 aromatic carbocycles. The summed E-state index contributed by atoms with van der Waals surface area (Å²) < 4.78 is 8.95. The van der Waals surface area contributed by atoms with Crippen LogP contribution in [0.25, 0.3) is 11.0 Å². The molecule has 0 saturated carbocycles. The Morgan fingerprint density at radius 1 is 1.02 bits per heavy atom. The van der Waals surface area contributed by atoms with Crippen molar-refractivity contribution in [2.75, 3.05) is 0 Å². The van der Waals surface area contributed by atoms with Crippen LogP contribution in [-0.2, 0) is 45.6 Å². The number of hydrogen-bond donors (Lipinski definition) is 3. The van der Waals surface area contributed by atoms with E-state index in [0.717, 1.165) is 42.3 Å². The van der Waals surface area contributed by atoms with Gasteiger partial charge in [-0.3, -0.25) is 28.8 Å². The number of nitrogens with zero attached hydrogens (tertiary/aromatic N) is 2. The number of benzene rings is 2. The van der Waals surface area contributed by atoms with Gasteiger partial charge in [-0.15, -0.1) is 12.4 Å².